The minimum atomic E-state index is -4.55. The van der Waals surface area contributed by atoms with Crippen molar-refractivity contribution >= 4 is 12.0 Å². The molecule has 6 nitrogen and oxygen atoms in total. The van der Waals surface area contributed by atoms with Gasteiger partial charge in [0.25, 0.3) is 0 Å². The molecule has 4 atom stereocenters. The van der Waals surface area contributed by atoms with Gasteiger partial charge in [0, 0.05) is 31.1 Å². The molecule has 1 saturated heterocycles. The van der Waals surface area contributed by atoms with E-state index in [4.69, 9.17) is 14.2 Å². The van der Waals surface area contributed by atoms with Crippen molar-refractivity contribution in [3.63, 3.8) is 0 Å². The van der Waals surface area contributed by atoms with Crippen molar-refractivity contribution in [2.24, 2.45) is 0 Å². The molecular weight excluding hydrogens is 463 g/mol. The lowest BCUT2D eigenvalue weighted by molar-refractivity contribution is -0.151. The van der Waals surface area contributed by atoms with Crippen LogP contribution in [0.15, 0.2) is 54.1 Å². The lowest BCUT2D eigenvalue weighted by Gasteiger charge is -2.45. The molecule has 1 N–H and O–H groups in total. The van der Waals surface area contributed by atoms with Crippen molar-refractivity contribution in [2.75, 3.05) is 13.3 Å². The fourth-order valence-corrected chi connectivity index (χ4v) is 5.71. The fraction of sp³-hybridized carbons (Fsp3) is 0.346. The predicted octanol–water partition coefficient (Wildman–Crippen LogP) is 4.03. The molecule has 4 aliphatic rings. The van der Waals surface area contributed by atoms with E-state index in [1.807, 2.05) is 12.1 Å². The van der Waals surface area contributed by atoms with Crippen molar-refractivity contribution < 1.29 is 37.3 Å². The monoisotopic (exact) mass is 485 g/mol. The van der Waals surface area contributed by atoms with E-state index in [9.17, 15) is 23.1 Å². The Balaban J connectivity index is 1.31. The highest BCUT2D eigenvalue weighted by atomic mass is 19.4. The molecule has 1 aliphatic carbocycles. The highest BCUT2D eigenvalue weighted by molar-refractivity contribution is 5.87. The summed E-state index contributed by atoms with van der Waals surface area (Å²) in [4.78, 5) is 15.1. The third-order valence-corrected chi connectivity index (χ3v) is 7.16. The number of nitrogens with zero attached hydrogens (tertiary/aromatic N) is 1. The standard InChI is InChI=1S/C26H22F3NO5/c27-26(28,29)18-4-2-1-3-14(18)5-6-22(32)35-25-19(31)9-15-7-8-30-12-16-10-20-21(34-13-33-20)11-17(16)23(25)24(15)30/h1-6,9-11,19,23-25,31H,7-8,12-13H2/b6-5+/t19-,23?,24?,25+/m0/s1. The van der Waals surface area contributed by atoms with Crippen LogP contribution in [0.2, 0.25) is 0 Å². The molecule has 0 radical (unpaired) electrons. The van der Waals surface area contributed by atoms with Crippen molar-refractivity contribution in [3.05, 3.63) is 76.4 Å². The molecule has 0 bridgehead atoms. The van der Waals surface area contributed by atoms with Crippen molar-refractivity contribution in [1.29, 1.82) is 0 Å². The van der Waals surface area contributed by atoms with Gasteiger partial charge in [-0.1, -0.05) is 29.8 Å². The van der Waals surface area contributed by atoms with Crippen LogP contribution in [0.1, 0.15) is 34.6 Å². The van der Waals surface area contributed by atoms with E-state index >= 15 is 0 Å². The molecule has 0 aromatic heterocycles. The van der Waals surface area contributed by atoms with Gasteiger partial charge >= 0.3 is 12.1 Å². The van der Waals surface area contributed by atoms with Gasteiger partial charge < -0.3 is 19.3 Å². The summed E-state index contributed by atoms with van der Waals surface area (Å²) in [5.74, 6) is 0.105. The maximum absolute atomic E-state index is 13.3. The van der Waals surface area contributed by atoms with Crippen LogP contribution in [0.25, 0.3) is 6.08 Å². The number of carbonyl (C=O) groups is 1. The summed E-state index contributed by atoms with van der Waals surface area (Å²) in [5.41, 5.74) is 2.06. The number of fused-ring (bicyclic) bond motifs is 3. The average molecular weight is 485 g/mol. The molecule has 0 amide bonds. The van der Waals surface area contributed by atoms with E-state index in [-0.39, 0.29) is 24.3 Å². The molecular formula is C26H22F3NO5. The third kappa shape index (κ3) is 3.79. The van der Waals surface area contributed by atoms with E-state index in [1.54, 1.807) is 6.08 Å². The number of carbonyl (C=O) groups excluding carboxylic acids is 1. The van der Waals surface area contributed by atoms with Crippen LogP contribution in [0, 0.1) is 0 Å². The number of aliphatic hydroxyl groups is 1. The van der Waals surface area contributed by atoms with Crippen molar-refractivity contribution in [2.45, 2.75) is 43.3 Å². The van der Waals surface area contributed by atoms with Crippen LogP contribution < -0.4 is 9.47 Å². The van der Waals surface area contributed by atoms with Gasteiger partial charge in [0.15, 0.2) is 11.5 Å². The Hall–Kier alpha value is -3.30. The molecule has 2 unspecified atom stereocenters. The third-order valence-electron chi connectivity index (χ3n) is 7.16. The summed E-state index contributed by atoms with van der Waals surface area (Å²) in [7, 11) is 0. The Morgan fingerprint density at radius 3 is 2.74 bits per heavy atom. The first-order valence-corrected chi connectivity index (χ1v) is 11.4. The van der Waals surface area contributed by atoms with Gasteiger partial charge in [0.1, 0.15) is 12.2 Å². The summed E-state index contributed by atoms with van der Waals surface area (Å²) in [6.07, 6.45) is -1.85. The molecule has 3 heterocycles. The maximum atomic E-state index is 13.3. The zero-order valence-corrected chi connectivity index (χ0v) is 18.5. The normalized spacial score (nSPS) is 26.9. The minimum absolute atomic E-state index is 0.0287. The highest BCUT2D eigenvalue weighted by Crippen LogP contribution is 2.50. The molecule has 6 rings (SSSR count). The molecule has 0 saturated carbocycles. The number of benzene rings is 2. The molecule has 182 valence electrons. The van der Waals surface area contributed by atoms with Gasteiger partial charge in [0.2, 0.25) is 6.79 Å². The second-order valence-electron chi connectivity index (χ2n) is 9.15. The van der Waals surface area contributed by atoms with Crippen molar-refractivity contribution in [1.82, 2.24) is 4.90 Å². The summed E-state index contributed by atoms with van der Waals surface area (Å²) in [6, 6.07) is 8.80. The largest absolute Gasteiger partial charge is 0.455 e. The Morgan fingerprint density at radius 2 is 1.94 bits per heavy atom. The summed E-state index contributed by atoms with van der Waals surface area (Å²) in [5, 5.41) is 10.9. The smallest absolute Gasteiger partial charge is 0.416 e. The van der Waals surface area contributed by atoms with Gasteiger partial charge in [-0.15, -0.1) is 0 Å². The number of hydrogen-bond donors (Lipinski definition) is 1. The molecule has 2 aromatic rings. The fourth-order valence-electron chi connectivity index (χ4n) is 5.71. The number of esters is 1. The number of rotatable bonds is 3. The second kappa shape index (κ2) is 8.13. The second-order valence-corrected chi connectivity index (χ2v) is 9.15. The van der Waals surface area contributed by atoms with Gasteiger partial charge in [-0.2, -0.15) is 13.2 Å². The van der Waals surface area contributed by atoms with E-state index < -0.39 is 29.9 Å². The van der Waals surface area contributed by atoms with Crippen LogP contribution in [-0.2, 0) is 22.3 Å². The van der Waals surface area contributed by atoms with E-state index in [2.05, 4.69) is 4.90 Å². The van der Waals surface area contributed by atoms with Gasteiger partial charge in [-0.25, -0.2) is 4.79 Å². The molecule has 35 heavy (non-hydrogen) atoms. The van der Waals surface area contributed by atoms with Crippen LogP contribution in [-0.4, -0.2) is 47.6 Å². The van der Waals surface area contributed by atoms with E-state index in [0.29, 0.717) is 18.0 Å². The lowest BCUT2D eigenvalue weighted by atomic mass is 9.73. The van der Waals surface area contributed by atoms with Crippen molar-refractivity contribution in [3.8, 4) is 11.5 Å². The summed E-state index contributed by atoms with van der Waals surface area (Å²) < 4.78 is 56.7. The number of halogens is 3. The topological polar surface area (TPSA) is 68.2 Å². The quantitative estimate of drug-likeness (QED) is 0.402. The van der Waals surface area contributed by atoms with Gasteiger partial charge in [0.05, 0.1) is 5.56 Å². The Morgan fingerprint density at radius 1 is 1.17 bits per heavy atom. The lowest BCUT2D eigenvalue weighted by Crippen LogP contribution is -2.51. The SMILES string of the molecule is O=C(/C=C/c1ccccc1C(F)(F)F)O[C@H]1C2c3cc4c(cc3CN3CCC(=C[C@@H]1O)C23)OCO4. The zero-order chi connectivity index (χ0) is 24.3. The van der Waals surface area contributed by atoms with Crippen LogP contribution in [0.3, 0.4) is 0 Å². The molecule has 9 heteroatoms. The predicted molar refractivity (Wildman–Crippen MR) is 119 cm³/mol. The number of ether oxygens (including phenoxy) is 3. The minimum Gasteiger partial charge on any atom is -0.455 e. The summed E-state index contributed by atoms with van der Waals surface area (Å²) in [6.45, 7) is 1.66. The maximum Gasteiger partial charge on any atom is 0.416 e. The average Bonchev–Trinajstić information content (AvgIpc) is 3.44. The molecule has 2 aromatic carbocycles. The van der Waals surface area contributed by atoms with Gasteiger partial charge in [-0.3, -0.25) is 4.90 Å². The van der Waals surface area contributed by atoms with Crippen LogP contribution in [0.4, 0.5) is 13.2 Å². The number of hydrogen-bond acceptors (Lipinski definition) is 6. The molecule has 3 aliphatic heterocycles. The Kier molecular flexibility index (Phi) is 5.16. The zero-order valence-electron chi connectivity index (χ0n) is 18.5. The molecule has 0 spiro atoms. The number of aliphatic hydroxyl groups excluding tert-OH is 1. The first-order chi connectivity index (χ1) is 16.8. The number of alkyl halides is 3. The first kappa shape index (κ1) is 22.2. The highest BCUT2D eigenvalue weighted by Gasteiger charge is 2.50. The molecule has 1 fully saturated rings. The first-order valence-electron chi connectivity index (χ1n) is 11.4. The Bertz CT molecular complexity index is 1250. The Labute approximate surface area is 199 Å². The van der Waals surface area contributed by atoms with Crippen LogP contribution in [0.5, 0.6) is 11.5 Å². The van der Waals surface area contributed by atoms with Gasteiger partial charge in [-0.05, 0) is 47.4 Å². The van der Waals surface area contributed by atoms with E-state index in [0.717, 1.165) is 47.9 Å². The van der Waals surface area contributed by atoms with Crippen LogP contribution >= 0.6 is 0 Å². The van der Waals surface area contributed by atoms with E-state index in [1.165, 1.54) is 18.2 Å². The summed E-state index contributed by atoms with van der Waals surface area (Å²) >= 11 is 0.